The number of alkyl halides is 4. The molecule has 1 heterocycles. The minimum atomic E-state index is -4.99. The van der Waals surface area contributed by atoms with Gasteiger partial charge in [-0.05, 0) is 0 Å². The summed E-state index contributed by atoms with van der Waals surface area (Å²) in [5, 5.41) is 8.20. The van der Waals surface area contributed by atoms with Crippen LogP contribution >= 0.6 is 0 Å². The van der Waals surface area contributed by atoms with Gasteiger partial charge in [-0.2, -0.15) is 13.2 Å². The van der Waals surface area contributed by atoms with Crippen molar-refractivity contribution in [3.05, 3.63) is 0 Å². The van der Waals surface area contributed by atoms with Crippen LogP contribution in [0.15, 0.2) is 0 Å². The Hall–Kier alpha value is -1.34. The maximum Gasteiger partial charge on any atom is 0.471 e. The zero-order chi connectivity index (χ0) is 11.8. The molecular weight excluding hydrogens is 222 g/mol. The van der Waals surface area contributed by atoms with Crippen LogP contribution in [0.25, 0.3) is 0 Å². The summed E-state index contributed by atoms with van der Waals surface area (Å²) in [4.78, 5) is 21.0. The average molecular weight is 229 g/mol. The molecule has 1 N–H and O–H groups in total. The molecule has 1 atom stereocenters. The van der Waals surface area contributed by atoms with Crippen LogP contribution in [0.1, 0.15) is 0 Å². The fourth-order valence-electron chi connectivity index (χ4n) is 1.24. The summed E-state index contributed by atoms with van der Waals surface area (Å²) in [7, 11) is 0. The number of nitrogens with zero attached hydrogens (tertiary/aromatic N) is 1. The van der Waals surface area contributed by atoms with E-state index in [0.717, 1.165) is 0 Å². The van der Waals surface area contributed by atoms with E-state index < -0.39 is 43.2 Å². The van der Waals surface area contributed by atoms with E-state index in [1.54, 1.807) is 0 Å². The quantitative estimate of drug-likeness (QED) is 0.698. The fraction of sp³-hybridized carbons (Fsp3) is 0.714. The monoisotopic (exact) mass is 229 g/mol. The largest absolute Gasteiger partial charge is 0.479 e. The first kappa shape index (κ1) is 11.7. The molecule has 0 radical (unpaired) electrons. The molecule has 0 aromatic heterocycles. The summed E-state index contributed by atoms with van der Waals surface area (Å²) in [5.74, 6) is -4.83. The molecule has 0 saturated carbocycles. The number of aliphatic carboxylic acids is 1. The molecule has 0 aliphatic carbocycles. The van der Waals surface area contributed by atoms with Crippen molar-refractivity contribution >= 4 is 11.9 Å². The Morgan fingerprint density at radius 2 is 1.80 bits per heavy atom. The van der Waals surface area contributed by atoms with E-state index in [1.165, 1.54) is 0 Å². The molecule has 0 aromatic rings. The van der Waals surface area contributed by atoms with Gasteiger partial charge < -0.3 is 10.0 Å². The SMILES string of the molecule is O=C(O)C(F)C1CN(C(=O)C(F)(F)F)C1. The highest BCUT2D eigenvalue weighted by molar-refractivity contribution is 5.83. The Morgan fingerprint density at radius 1 is 1.33 bits per heavy atom. The van der Waals surface area contributed by atoms with E-state index >= 15 is 0 Å². The lowest BCUT2D eigenvalue weighted by Crippen LogP contribution is -2.58. The van der Waals surface area contributed by atoms with Crippen molar-refractivity contribution in [2.24, 2.45) is 5.92 Å². The summed E-state index contributed by atoms with van der Waals surface area (Å²) < 4.78 is 48.1. The molecule has 1 saturated heterocycles. The zero-order valence-corrected chi connectivity index (χ0v) is 7.29. The number of likely N-dealkylation sites (tertiary alicyclic amines) is 1. The van der Waals surface area contributed by atoms with Gasteiger partial charge in [-0.15, -0.1) is 0 Å². The molecule has 1 rings (SSSR count). The van der Waals surface area contributed by atoms with Gasteiger partial charge in [-0.3, -0.25) is 4.79 Å². The number of carboxylic acids is 1. The molecule has 0 aromatic carbocycles. The molecule has 1 aliphatic heterocycles. The van der Waals surface area contributed by atoms with E-state index in [2.05, 4.69) is 0 Å². The minimum Gasteiger partial charge on any atom is -0.479 e. The maximum absolute atomic E-state index is 12.7. The molecule has 0 bridgehead atoms. The molecule has 1 aliphatic rings. The first-order valence-electron chi connectivity index (χ1n) is 3.96. The number of rotatable bonds is 2. The van der Waals surface area contributed by atoms with Gasteiger partial charge in [-0.25, -0.2) is 9.18 Å². The third-order valence-corrected chi connectivity index (χ3v) is 2.09. The number of carbonyl (C=O) groups excluding carboxylic acids is 1. The fourth-order valence-corrected chi connectivity index (χ4v) is 1.24. The van der Waals surface area contributed by atoms with Crippen molar-refractivity contribution in [2.45, 2.75) is 12.3 Å². The van der Waals surface area contributed by atoms with Gasteiger partial charge in [0, 0.05) is 19.0 Å². The van der Waals surface area contributed by atoms with Crippen LogP contribution in [-0.4, -0.2) is 47.3 Å². The number of hydrogen-bond donors (Lipinski definition) is 1. The Morgan fingerprint density at radius 3 is 2.13 bits per heavy atom. The highest BCUT2D eigenvalue weighted by atomic mass is 19.4. The second kappa shape index (κ2) is 3.67. The third-order valence-electron chi connectivity index (χ3n) is 2.09. The molecule has 15 heavy (non-hydrogen) atoms. The van der Waals surface area contributed by atoms with Crippen molar-refractivity contribution in [1.82, 2.24) is 4.90 Å². The van der Waals surface area contributed by atoms with E-state index in [9.17, 15) is 27.2 Å². The normalized spacial score (nSPS) is 19.6. The Labute approximate surface area is 81.5 Å². The molecule has 86 valence electrons. The van der Waals surface area contributed by atoms with E-state index in [-0.39, 0.29) is 0 Å². The van der Waals surface area contributed by atoms with Crippen LogP contribution in [-0.2, 0) is 9.59 Å². The van der Waals surface area contributed by atoms with Crippen LogP contribution < -0.4 is 0 Å². The standard InChI is InChI=1S/C7H7F4NO3/c8-4(5(13)14)3-1-12(2-3)6(15)7(9,10)11/h3-4H,1-2H2,(H,13,14). The predicted octanol–water partition coefficient (Wildman–Crippen LogP) is 0.430. The lowest BCUT2D eigenvalue weighted by atomic mass is 9.94. The highest BCUT2D eigenvalue weighted by Gasteiger charge is 2.49. The van der Waals surface area contributed by atoms with E-state index in [0.29, 0.717) is 4.90 Å². The van der Waals surface area contributed by atoms with Crippen LogP contribution in [0.5, 0.6) is 0 Å². The lowest BCUT2D eigenvalue weighted by molar-refractivity contribution is -0.193. The summed E-state index contributed by atoms with van der Waals surface area (Å²) in [6.45, 7) is -1.02. The topological polar surface area (TPSA) is 57.6 Å². The molecular formula is C7H7F4NO3. The first-order chi connectivity index (χ1) is 6.73. The number of amides is 1. The summed E-state index contributed by atoms with van der Waals surface area (Å²) in [6.07, 6.45) is -7.21. The second-order valence-corrected chi connectivity index (χ2v) is 3.21. The third kappa shape index (κ3) is 2.37. The van der Waals surface area contributed by atoms with Crippen LogP contribution in [0.2, 0.25) is 0 Å². The summed E-state index contributed by atoms with van der Waals surface area (Å²) >= 11 is 0. The lowest BCUT2D eigenvalue weighted by Gasteiger charge is -2.39. The van der Waals surface area contributed by atoms with Crippen molar-refractivity contribution in [3.8, 4) is 0 Å². The van der Waals surface area contributed by atoms with Crippen molar-refractivity contribution in [1.29, 1.82) is 0 Å². The molecule has 8 heteroatoms. The molecule has 4 nitrogen and oxygen atoms in total. The summed E-state index contributed by atoms with van der Waals surface area (Å²) in [5.41, 5.74) is 0. The van der Waals surface area contributed by atoms with Crippen molar-refractivity contribution < 1.29 is 32.3 Å². The van der Waals surface area contributed by atoms with Gasteiger partial charge >= 0.3 is 18.1 Å². The van der Waals surface area contributed by atoms with Gasteiger partial charge in [0.15, 0.2) is 0 Å². The minimum absolute atomic E-state index is 0.375. The number of carboxylic acid groups (broad SMARTS) is 1. The molecule has 1 unspecified atom stereocenters. The van der Waals surface area contributed by atoms with Crippen LogP contribution in [0, 0.1) is 5.92 Å². The molecule has 1 fully saturated rings. The smallest absolute Gasteiger partial charge is 0.471 e. The Bertz CT molecular complexity index is 284. The van der Waals surface area contributed by atoms with E-state index in [1.807, 2.05) is 0 Å². The van der Waals surface area contributed by atoms with Crippen LogP contribution in [0.3, 0.4) is 0 Å². The van der Waals surface area contributed by atoms with Gasteiger partial charge in [0.2, 0.25) is 6.17 Å². The highest BCUT2D eigenvalue weighted by Crippen LogP contribution is 2.27. The van der Waals surface area contributed by atoms with Gasteiger partial charge in [0.25, 0.3) is 0 Å². The zero-order valence-electron chi connectivity index (χ0n) is 7.29. The first-order valence-corrected chi connectivity index (χ1v) is 3.96. The molecule has 0 spiro atoms. The van der Waals surface area contributed by atoms with E-state index in [4.69, 9.17) is 5.11 Å². The second-order valence-electron chi connectivity index (χ2n) is 3.21. The van der Waals surface area contributed by atoms with Crippen molar-refractivity contribution in [3.63, 3.8) is 0 Å². The van der Waals surface area contributed by atoms with Gasteiger partial charge in [0.05, 0.1) is 0 Å². The number of carbonyl (C=O) groups is 2. The molecule has 1 amide bonds. The number of halogens is 4. The summed E-state index contributed by atoms with van der Waals surface area (Å²) in [6, 6.07) is 0. The maximum atomic E-state index is 12.7. The Balaban J connectivity index is 2.45. The van der Waals surface area contributed by atoms with Gasteiger partial charge in [-0.1, -0.05) is 0 Å². The average Bonchev–Trinajstić information content (AvgIpc) is 1.98. The Kier molecular flexibility index (Phi) is 2.87. The number of hydrogen-bond acceptors (Lipinski definition) is 2. The van der Waals surface area contributed by atoms with Crippen molar-refractivity contribution in [2.75, 3.05) is 13.1 Å². The predicted molar refractivity (Wildman–Crippen MR) is 38.7 cm³/mol. The van der Waals surface area contributed by atoms with Gasteiger partial charge in [0.1, 0.15) is 0 Å². The van der Waals surface area contributed by atoms with Crippen LogP contribution in [0.4, 0.5) is 17.6 Å².